The smallest absolute Gasteiger partial charge is 0.228 e. The van der Waals surface area contributed by atoms with Gasteiger partial charge in [-0.2, -0.15) is 0 Å². The number of ketones is 1. The highest BCUT2D eigenvalue weighted by Crippen LogP contribution is 2.29. The first-order valence-corrected chi connectivity index (χ1v) is 15.2. The highest BCUT2D eigenvalue weighted by molar-refractivity contribution is 7.88. The lowest BCUT2D eigenvalue weighted by molar-refractivity contribution is -0.120. The number of halogens is 2. The lowest BCUT2D eigenvalue weighted by atomic mass is 9.86. The van der Waals surface area contributed by atoms with Crippen molar-refractivity contribution in [2.45, 2.75) is 44.8 Å². The van der Waals surface area contributed by atoms with Crippen LogP contribution >= 0.6 is 23.2 Å². The first kappa shape index (κ1) is 29.3. The number of carbonyl (C=O) groups excluding carboxylic acids is 2. The van der Waals surface area contributed by atoms with Crippen LogP contribution in [0.2, 0.25) is 10.0 Å². The fraction of sp³-hybridized carbons (Fsp3) is 0.333. The fourth-order valence-corrected chi connectivity index (χ4v) is 6.99. The molecule has 0 aromatic heterocycles. The van der Waals surface area contributed by atoms with Gasteiger partial charge in [-0.3, -0.25) is 9.59 Å². The molecule has 0 radical (unpaired) electrons. The molecule has 1 heterocycles. The summed E-state index contributed by atoms with van der Waals surface area (Å²) in [7, 11) is -3.74. The van der Waals surface area contributed by atoms with Crippen molar-refractivity contribution >= 4 is 50.6 Å². The molecular weight excluding hydrogens is 555 g/mol. The molecule has 1 aliphatic heterocycles. The van der Waals surface area contributed by atoms with Gasteiger partial charge in [0.2, 0.25) is 15.9 Å². The molecule has 3 aromatic carbocycles. The van der Waals surface area contributed by atoms with E-state index < -0.39 is 15.9 Å². The first-order chi connectivity index (χ1) is 18.3. The predicted molar refractivity (Wildman–Crippen MR) is 157 cm³/mol. The summed E-state index contributed by atoms with van der Waals surface area (Å²) in [6, 6.07) is 19.2. The van der Waals surface area contributed by atoms with E-state index in [0.717, 1.165) is 5.56 Å². The number of nitrogens with one attached hydrogen (secondary N) is 1. The normalized spacial score (nSPS) is 16.6. The highest BCUT2D eigenvalue weighted by Gasteiger charge is 2.33. The second-order valence-electron chi connectivity index (χ2n) is 10.9. The van der Waals surface area contributed by atoms with Gasteiger partial charge in [0.15, 0.2) is 5.78 Å². The first-order valence-electron chi connectivity index (χ1n) is 12.8. The number of anilines is 1. The summed E-state index contributed by atoms with van der Waals surface area (Å²) in [6.07, 6.45) is 1.11. The Hall–Kier alpha value is -2.71. The molecule has 1 fully saturated rings. The molecule has 1 N–H and O–H groups in total. The van der Waals surface area contributed by atoms with Crippen molar-refractivity contribution in [2.75, 3.05) is 18.4 Å². The van der Waals surface area contributed by atoms with E-state index in [-0.39, 0.29) is 39.4 Å². The third-order valence-electron chi connectivity index (χ3n) is 6.94. The van der Waals surface area contributed by atoms with E-state index in [4.69, 9.17) is 23.2 Å². The Morgan fingerprint density at radius 1 is 0.949 bits per heavy atom. The third kappa shape index (κ3) is 7.09. The van der Waals surface area contributed by atoms with Crippen LogP contribution in [-0.2, 0) is 26.0 Å². The molecule has 0 unspecified atom stereocenters. The van der Waals surface area contributed by atoms with Gasteiger partial charge < -0.3 is 5.32 Å². The molecule has 39 heavy (non-hydrogen) atoms. The molecule has 1 amide bonds. The summed E-state index contributed by atoms with van der Waals surface area (Å²) >= 11 is 12.4. The zero-order valence-corrected chi connectivity index (χ0v) is 24.5. The fourth-order valence-electron chi connectivity index (χ4n) is 4.62. The second-order valence-corrected chi connectivity index (χ2v) is 13.7. The number of rotatable bonds is 7. The monoisotopic (exact) mass is 586 g/mol. The quantitative estimate of drug-likeness (QED) is 0.312. The van der Waals surface area contributed by atoms with Crippen molar-refractivity contribution < 1.29 is 18.0 Å². The maximum Gasteiger partial charge on any atom is 0.228 e. The number of carbonyl (C=O) groups is 2. The van der Waals surface area contributed by atoms with Gasteiger partial charge in [-0.1, -0.05) is 86.4 Å². The maximum atomic E-state index is 13.2. The Bertz CT molecular complexity index is 1460. The summed E-state index contributed by atoms with van der Waals surface area (Å²) < 4.78 is 27.6. The number of hydrogen-bond acceptors (Lipinski definition) is 4. The van der Waals surface area contributed by atoms with Crippen molar-refractivity contribution in [1.82, 2.24) is 4.31 Å². The minimum atomic E-state index is -3.74. The molecule has 1 aliphatic rings. The summed E-state index contributed by atoms with van der Waals surface area (Å²) in [4.78, 5) is 26.2. The second kappa shape index (κ2) is 11.8. The van der Waals surface area contributed by atoms with Crippen molar-refractivity contribution in [3.8, 4) is 0 Å². The summed E-state index contributed by atoms with van der Waals surface area (Å²) in [5, 5.41) is 3.45. The summed E-state index contributed by atoms with van der Waals surface area (Å²) in [5.74, 6) is -1.29. The minimum Gasteiger partial charge on any atom is -0.326 e. The van der Waals surface area contributed by atoms with Gasteiger partial charge in [-0.05, 0) is 48.1 Å². The van der Waals surface area contributed by atoms with Crippen molar-refractivity contribution in [3.05, 3.63) is 99.0 Å². The highest BCUT2D eigenvalue weighted by atomic mass is 35.5. The number of sulfonamides is 1. The van der Waals surface area contributed by atoms with Crippen LogP contribution in [0.1, 0.15) is 60.7 Å². The van der Waals surface area contributed by atoms with E-state index in [9.17, 15) is 18.0 Å². The molecule has 1 saturated heterocycles. The summed E-state index contributed by atoms with van der Waals surface area (Å²) in [6.45, 7) is 6.74. The lowest BCUT2D eigenvalue weighted by Crippen LogP contribution is -2.44. The average molecular weight is 588 g/mol. The standard InChI is InChI=1S/C30H32Cl2N2O4S/c1-30(2,3)23-14-12-20(13-15-23)28(35)21-7-4-9-24(17-21)33-29(36)22-8-6-16-34(18-22)39(37,38)19-25-26(31)10-5-11-27(25)32/h4-5,7,9-15,17,22H,6,8,16,18-19H2,1-3H3,(H,33,36)/t22-/m0/s1. The van der Waals surface area contributed by atoms with Crippen LogP contribution in [-0.4, -0.2) is 37.5 Å². The van der Waals surface area contributed by atoms with Gasteiger partial charge in [0, 0.05) is 45.5 Å². The minimum absolute atomic E-state index is 0.0125. The third-order valence-corrected chi connectivity index (χ3v) is 9.42. The van der Waals surface area contributed by atoms with E-state index in [1.807, 2.05) is 24.3 Å². The van der Waals surface area contributed by atoms with Crippen molar-refractivity contribution in [1.29, 1.82) is 0 Å². The van der Waals surface area contributed by atoms with Crippen LogP contribution in [0.15, 0.2) is 66.7 Å². The lowest BCUT2D eigenvalue weighted by Gasteiger charge is -2.31. The molecule has 0 aliphatic carbocycles. The molecule has 0 spiro atoms. The maximum absolute atomic E-state index is 13.2. The Kier molecular flexibility index (Phi) is 8.86. The van der Waals surface area contributed by atoms with Crippen LogP contribution < -0.4 is 5.32 Å². The molecule has 0 bridgehead atoms. The van der Waals surface area contributed by atoms with Crippen LogP contribution in [0, 0.1) is 5.92 Å². The molecule has 206 valence electrons. The Balaban J connectivity index is 1.43. The van der Waals surface area contributed by atoms with E-state index >= 15 is 0 Å². The molecule has 6 nitrogen and oxygen atoms in total. The van der Waals surface area contributed by atoms with Crippen molar-refractivity contribution in [2.24, 2.45) is 5.92 Å². The van der Waals surface area contributed by atoms with E-state index in [2.05, 4.69) is 26.1 Å². The molecule has 1 atom stereocenters. The zero-order valence-electron chi connectivity index (χ0n) is 22.2. The van der Waals surface area contributed by atoms with Gasteiger partial charge in [0.05, 0.1) is 11.7 Å². The Labute approximate surface area is 240 Å². The number of piperidine rings is 1. The van der Waals surface area contributed by atoms with Crippen molar-refractivity contribution in [3.63, 3.8) is 0 Å². The van der Waals surface area contributed by atoms with Gasteiger partial charge >= 0.3 is 0 Å². The SMILES string of the molecule is CC(C)(C)c1ccc(C(=O)c2cccc(NC(=O)[C@H]3CCCN(S(=O)(=O)Cc4c(Cl)cccc4Cl)C3)c2)cc1. The van der Waals surface area contributed by atoms with Gasteiger partial charge in [0.25, 0.3) is 0 Å². The van der Waals surface area contributed by atoms with Gasteiger partial charge in [-0.25, -0.2) is 12.7 Å². The number of amides is 1. The number of benzene rings is 3. The number of nitrogens with zero attached hydrogens (tertiary/aromatic N) is 1. The number of hydrogen-bond donors (Lipinski definition) is 1. The topological polar surface area (TPSA) is 83.6 Å². The largest absolute Gasteiger partial charge is 0.326 e. The average Bonchev–Trinajstić information content (AvgIpc) is 2.90. The molecule has 0 saturated carbocycles. The van der Waals surface area contributed by atoms with E-state index in [1.165, 1.54) is 4.31 Å². The van der Waals surface area contributed by atoms with E-state index in [0.29, 0.717) is 41.8 Å². The van der Waals surface area contributed by atoms with Crippen LogP contribution in [0.5, 0.6) is 0 Å². The van der Waals surface area contributed by atoms with E-state index in [1.54, 1.807) is 42.5 Å². The molecular formula is C30H32Cl2N2O4S. The zero-order chi connectivity index (χ0) is 28.4. The van der Waals surface area contributed by atoms with Crippen LogP contribution in [0.25, 0.3) is 0 Å². The van der Waals surface area contributed by atoms with Gasteiger partial charge in [-0.15, -0.1) is 0 Å². The summed E-state index contributed by atoms with van der Waals surface area (Å²) in [5.41, 5.74) is 2.99. The Morgan fingerprint density at radius 3 is 2.23 bits per heavy atom. The Morgan fingerprint density at radius 2 is 1.59 bits per heavy atom. The molecule has 9 heteroatoms. The van der Waals surface area contributed by atoms with Crippen LogP contribution in [0.3, 0.4) is 0 Å². The van der Waals surface area contributed by atoms with Gasteiger partial charge in [0.1, 0.15) is 0 Å². The molecule has 3 aromatic rings. The van der Waals surface area contributed by atoms with Crippen LogP contribution in [0.4, 0.5) is 5.69 Å². The molecule has 4 rings (SSSR count). The predicted octanol–water partition coefficient (Wildman–Crippen LogP) is 6.70.